The fourth-order valence-electron chi connectivity index (χ4n) is 7.22. The maximum Gasteiger partial charge on any atom is 0.258 e. The van der Waals surface area contributed by atoms with E-state index < -0.39 is 17.6 Å². The number of fused-ring (bicyclic) bond motifs is 3. The van der Waals surface area contributed by atoms with E-state index in [2.05, 4.69) is 55.0 Å². The standard InChI is InChI=1S/C35H36FN7O3/c1-42-20-38-41-32(42)22-7-9-25(10-8-22)39-33(44)31(40-34(45)35(36)12-13-35)28-4-2-3-21-5-6-23(15-29(21)28)24-11-14-37-30(16-24)43-18-27-17-26(43)19-46-27/h5-11,14-16,20,26-28,31H,2-4,12-13,17-19H2,1H3,(H,39,44)(H,40,45)/t26-,27-,28-,31+/m1/s1. The molecule has 2 aliphatic heterocycles. The van der Waals surface area contributed by atoms with Crippen LogP contribution in [0.5, 0.6) is 0 Å². The van der Waals surface area contributed by atoms with Crippen LogP contribution in [0.2, 0.25) is 0 Å². The molecule has 3 fully saturated rings. The van der Waals surface area contributed by atoms with Gasteiger partial charge in [-0.05, 0) is 97.2 Å². The Morgan fingerprint density at radius 1 is 1.07 bits per heavy atom. The second-order valence-electron chi connectivity index (χ2n) is 13.1. The zero-order chi connectivity index (χ0) is 31.4. The van der Waals surface area contributed by atoms with Gasteiger partial charge in [0.25, 0.3) is 5.91 Å². The molecule has 2 N–H and O–H groups in total. The predicted octanol–water partition coefficient (Wildman–Crippen LogP) is 4.57. The maximum atomic E-state index is 15.0. The molecule has 236 valence electrons. The summed E-state index contributed by atoms with van der Waals surface area (Å²) in [5, 5.41) is 13.9. The van der Waals surface area contributed by atoms with E-state index in [4.69, 9.17) is 4.74 Å². The molecule has 4 heterocycles. The molecule has 2 aliphatic carbocycles. The zero-order valence-corrected chi connectivity index (χ0v) is 25.7. The van der Waals surface area contributed by atoms with E-state index in [9.17, 15) is 14.0 Å². The Hall–Kier alpha value is -4.64. The normalized spacial score (nSPS) is 23.1. The monoisotopic (exact) mass is 621 g/mol. The third kappa shape index (κ3) is 5.32. The summed E-state index contributed by atoms with van der Waals surface area (Å²) in [6.45, 7) is 1.58. The number of ether oxygens (including phenoxy) is 1. The first-order valence-electron chi connectivity index (χ1n) is 16.1. The molecule has 1 saturated carbocycles. The molecule has 0 spiro atoms. The number of pyridine rings is 1. The Morgan fingerprint density at radius 2 is 1.87 bits per heavy atom. The van der Waals surface area contributed by atoms with Crippen molar-refractivity contribution in [2.75, 3.05) is 23.4 Å². The highest BCUT2D eigenvalue weighted by Gasteiger charge is 2.52. The minimum Gasteiger partial charge on any atom is -0.374 e. The van der Waals surface area contributed by atoms with Crippen molar-refractivity contribution in [1.29, 1.82) is 0 Å². The number of aromatic nitrogens is 4. The largest absolute Gasteiger partial charge is 0.374 e. The van der Waals surface area contributed by atoms with E-state index in [-0.39, 0.29) is 30.8 Å². The molecule has 0 radical (unpaired) electrons. The second kappa shape index (κ2) is 11.3. The summed E-state index contributed by atoms with van der Waals surface area (Å²) in [4.78, 5) is 34.0. The van der Waals surface area contributed by atoms with Crippen molar-refractivity contribution in [3.63, 3.8) is 0 Å². The molecule has 4 aliphatic rings. The molecular weight excluding hydrogens is 585 g/mol. The van der Waals surface area contributed by atoms with Gasteiger partial charge in [-0.15, -0.1) is 10.2 Å². The van der Waals surface area contributed by atoms with Crippen LogP contribution in [0, 0.1) is 0 Å². The molecule has 2 aromatic heterocycles. The lowest BCUT2D eigenvalue weighted by Crippen LogP contribution is -2.51. The molecule has 2 bridgehead atoms. The van der Waals surface area contributed by atoms with E-state index in [0.717, 1.165) is 66.0 Å². The summed E-state index contributed by atoms with van der Waals surface area (Å²) in [6.07, 6.45) is 7.57. The van der Waals surface area contributed by atoms with Gasteiger partial charge in [0.05, 0.1) is 18.8 Å². The van der Waals surface area contributed by atoms with Gasteiger partial charge in [-0.1, -0.05) is 18.2 Å². The van der Waals surface area contributed by atoms with Gasteiger partial charge in [0.1, 0.15) is 18.2 Å². The number of nitrogens with zero attached hydrogens (tertiary/aromatic N) is 5. The summed E-state index contributed by atoms with van der Waals surface area (Å²) in [5.41, 5.74) is 3.74. The van der Waals surface area contributed by atoms with Crippen LogP contribution in [0.1, 0.15) is 49.1 Å². The number of halogens is 1. The van der Waals surface area contributed by atoms with E-state index in [0.29, 0.717) is 24.0 Å². The van der Waals surface area contributed by atoms with Crippen LogP contribution in [0.4, 0.5) is 15.9 Å². The fourth-order valence-corrected chi connectivity index (χ4v) is 7.22. The van der Waals surface area contributed by atoms with Crippen molar-refractivity contribution >= 4 is 23.3 Å². The Kier molecular flexibility index (Phi) is 7.08. The lowest BCUT2D eigenvalue weighted by molar-refractivity contribution is -0.131. The first-order valence-corrected chi connectivity index (χ1v) is 16.1. The summed E-state index contributed by atoms with van der Waals surface area (Å²) in [6, 6.07) is 17.2. The maximum absolute atomic E-state index is 15.0. The Bertz CT molecular complexity index is 1800. The summed E-state index contributed by atoms with van der Waals surface area (Å²) in [5.74, 6) is 0.245. The average molecular weight is 622 g/mol. The van der Waals surface area contributed by atoms with Gasteiger partial charge in [0, 0.05) is 37.0 Å². The molecule has 46 heavy (non-hydrogen) atoms. The molecule has 2 amide bonds. The number of alkyl halides is 1. The zero-order valence-electron chi connectivity index (χ0n) is 25.7. The molecule has 2 saturated heterocycles. The number of hydrogen-bond donors (Lipinski definition) is 2. The number of anilines is 2. The van der Waals surface area contributed by atoms with Gasteiger partial charge in [0.2, 0.25) is 5.91 Å². The molecule has 2 aromatic carbocycles. The number of rotatable bonds is 8. The smallest absolute Gasteiger partial charge is 0.258 e. The molecule has 8 rings (SSSR count). The number of morpholine rings is 1. The number of amides is 2. The fraction of sp³-hybridized carbons (Fsp3) is 0.400. The number of carbonyl (C=O) groups excluding carboxylic acids is 2. The predicted molar refractivity (Wildman–Crippen MR) is 171 cm³/mol. The van der Waals surface area contributed by atoms with Crippen molar-refractivity contribution in [3.05, 3.63) is 78.2 Å². The number of aryl methyl sites for hydroxylation is 2. The van der Waals surface area contributed by atoms with Crippen LogP contribution in [-0.4, -0.2) is 68.6 Å². The van der Waals surface area contributed by atoms with Crippen molar-refractivity contribution in [1.82, 2.24) is 25.1 Å². The van der Waals surface area contributed by atoms with Gasteiger partial charge in [-0.3, -0.25) is 9.59 Å². The molecular formula is C35H36FN7O3. The Balaban J connectivity index is 1.08. The molecule has 10 nitrogen and oxygen atoms in total. The van der Waals surface area contributed by atoms with Crippen LogP contribution < -0.4 is 15.5 Å². The summed E-state index contributed by atoms with van der Waals surface area (Å²) in [7, 11) is 1.86. The van der Waals surface area contributed by atoms with E-state index in [1.54, 1.807) is 18.5 Å². The lowest BCUT2D eigenvalue weighted by Gasteiger charge is -2.33. The highest BCUT2D eigenvalue weighted by Crippen LogP contribution is 2.42. The summed E-state index contributed by atoms with van der Waals surface area (Å²) >= 11 is 0. The van der Waals surface area contributed by atoms with E-state index in [1.165, 1.54) is 0 Å². The quantitative estimate of drug-likeness (QED) is 0.296. The van der Waals surface area contributed by atoms with Gasteiger partial charge in [-0.2, -0.15) is 0 Å². The number of benzene rings is 2. The first kappa shape index (κ1) is 28.8. The first-order chi connectivity index (χ1) is 22.3. The highest BCUT2D eigenvalue weighted by atomic mass is 19.1. The topological polar surface area (TPSA) is 114 Å². The highest BCUT2D eigenvalue weighted by molar-refractivity contribution is 6.00. The van der Waals surface area contributed by atoms with Crippen molar-refractivity contribution < 1.29 is 18.7 Å². The molecule has 4 atom stereocenters. The van der Waals surface area contributed by atoms with E-state index >= 15 is 0 Å². The molecule has 11 heteroatoms. The SMILES string of the molecule is Cn1cnnc1-c1ccc(NC(=O)[C@@H](NC(=O)C2(F)CC2)[C@@H]2CCCc3ccc(-c4ccnc(N5C[C@H]6C[C@@H]5CO6)c4)cc32)cc1. The van der Waals surface area contributed by atoms with Crippen molar-refractivity contribution in [2.45, 2.75) is 68.3 Å². The minimum absolute atomic E-state index is 0.178. The van der Waals surface area contributed by atoms with E-state index in [1.807, 2.05) is 36.0 Å². The second-order valence-corrected chi connectivity index (χ2v) is 13.1. The van der Waals surface area contributed by atoms with Crippen LogP contribution in [0.25, 0.3) is 22.5 Å². The van der Waals surface area contributed by atoms with Gasteiger partial charge in [0.15, 0.2) is 11.5 Å². The average Bonchev–Trinajstić information content (AvgIpc) is 3.40. The Morgan fingerprint density at radius 3 is 2.59 bits per heavy atom. The molecule has 0 unspecified atom stereocenters. The van der Waals surface area contributed by atoms with Gasteiger partial charge >= 0.3 is 0 Å². The van der Waals surface area contributed by atoms with Crippen LogP contribution in [-0.2, 0) is 27.8 Å². The minimum atomic E-state index is -1.90. The van der Waals surface area contributed by atoms with Gasteiger partial charge in [-0.25, -0.2) is 9.37 Å². The number of carbonyl (C=O) groups is 2. The van der Waals surface area contributed by atoms with Crippen molar-refractivity contribution in [3.8, 4) is 22.5 Å². The van der Waals surface area contributed by atoms with Crippen LogP contribution in [0.15, 0.2) is 67.1 Å². The Labute approximate surface area is 266 Å². The number of hydrogen-bond acceptors (Lipinski definition) is 7. The van der Waals surface area contributed by atoms with Crippen LogP contribution >= 0.6 is 0 Å². The third-order valence-electron chi connectivity index (χ3n) is 9.97. The summed E-state index contributed by atoms with van der Waals surface area (Å²) < 4.78 is 22.6. The van der Waals surface area contributed by atoms with Gasteiger partial charge < -0.3 is 24.8 Å². The van der Waals surface area contributed by atoms with Crippen LogP contribution in [0.3, 0.4) is 0 Å². The third-order valence-corrected chi connectivity index (χ3v) is 9.97. The van der Waals surface area contributed by atoms with Crippen molar-refractivity contribution in [2.24, 2.45) is 7.05 Å². The molecule has 4 aromatic rings. The number of nitrogens with one attached hydrogen (secondary N) is 2. The lowest BCUT2D eigenvalue weighted by atomic mass is 9.77.